The van der Waals surface area contributed by atoms with Crippen molar-refractivity contribution in [2.75, 3.05) is 20.3 Å². The van der Waals surface area contributed by atoms with Crippen LogP contribution in [0.5, 0.6) is 11.5 Å². The molecule has 168 valence electrons. The van der Waals surface area contributed by atoms with Crippen LogP contribution < -0.4 is 9.47 Å². The lowest BCUT2D eigenvalue weighted by Crippen LogP contribution is -2.02. The van der Waals surface area contributed by atoms with Gasteiger partial charge >= 0.3 is 0 Å². The molecule has 0 saturated carbocycles. The molecule has 1 aromatic heterocycles. The molecule has 31 heavy (non-hydrogen) atoms. The third-order valence-corrected chi connectivity index (χ3v) is 5.01. The van der Waals surface area contributed by atoms with Crippen molar-refractivity contribution in [3.05, 3.63) is 65.0 Å². The molecule has 0 saturated heterocycles. The first-order valence-corrected chi connectivity index (χ1v) is 11.1. The van der Waals surface area contributed by atoms with Crippen molar-refractivity contribution in [3.63, 3.8) is 0 Å². The molecule has 0 radical (unpaired) electrons. The number of hydrogen-bond donors (Lipinski definition) is 0. The van der Waals surface area contributed by atoms with Gasteiger partial charge in [0.05, 0.1) is 18.5 Å². The lowest BCUT2D eigenvalue weighted by molar-refractivity contribution is 0.215. The number of hydrogen-bond acceptors (Lipinski definition) is 5. The molecule has 1 heterocycles. The minimum atomic E-state index is 0.598. The van der Waals surface area contributed by atoms with Gasteiger partial charge in [-0.15, -0.1) is 0 Å². The molecule has 0 aliphatic heterocycles. The molecular formula is C26H36N2O3. The van der Waals surface area contributed by atoms with Gasteiger partial charge in [0.1, 0.15) is 25.2 Å². The molecule has 0 amide bonds. The molecule has 0 aliphatic carbocycles. The summed E-state index contributed by atoms with van der Waals surface area (Å²) in [6.07, 6.45) is 14.5. The van der Waals surface area contributed by atoms with Gasteiger partial charge in [0.15, 0.2) is 0 Å². The van der Waals surface area contributed by atoms with Crippen LogP contribution in [0.2, 0.25) is 0 Å². The summed E-state index contributed by atoms with van der Waals surface area (Å²) >= 11 is 0. The van der Waals surface area contributed by atoms with E-state index in [1.54, 1.807) is 6.21 Å². The van der Waals surface area contributed by atoms with Gasteiger partial charge in [-0.05, 0) is 74.9 Å². The first-order valence-electron chi connectivity index (χ1n) is 11.1. The van der Waals surface area contributed by atoms with Crippen molar-refractivity contribution in [2.24, 2.45) is 5.16 Å². The summed E-state index contributed by atoms with van der Waals surface area (Å²) in [7, 11) is 1.53. The van der Waals surface area contributed by atoms with E-state index in [0.717, 1.165) is 47.8 Å². The number of benzene rings is 1. The predicted molar refractivity (Wildman–Crippen MR) is 127 cm³/mol. The Morgan fingerprint density at radius 2 is 1.71 bits per heavy atom. The van der Waals surface area contributed by atoms with Crippen LogP contribution in [0.15, 0.2) is 47.8 Å². The topological polar surface area (TPSA) is 52.9 Å². The Bertz CT molecular complexity index is 806. The Morgan fingerprint density at radius 1 is 0.968 bits per heavy atom. The minimum absolute atomic E-state index is 0.598. The van der Waals surface area contributed by atoms with Crippen molar-refractivity contribution in [2.45, 2.75) is 59.3 Å². The molecule has 0 N–H and O–H groups in total. The maximum atomic E-state index is 6.07. The van der Waals surface area contributed by atoms with E-state index in [0.29, 0.717) is 6.61 Å². The predicted octanol–water partition coefficient (Wildman–Crippen LogP) is 6.21. The lowest BCUT2D eigenvalue weighted by atomic mass is 10.1. The average molecular weight is 425 g/mol. The Labute approximate surface area is 187 Å². The molecule has 0 atom stereocenters. The van der Waals surface area contributed by atoms with Crippen molar-refractivity contribution < 1.29 is 14.3 Å². The molecule has 2 rings (SSSR count). The summed E-state index contributed by atoms with van der Waals surface area (Å²) < 4.78 is 11.8. The Morgan fingerprint density at radius 3 is 2.39 bits per heavy atom. The molecule has 5 heteroatoms. The van der Waals surface area contributed by atoms with Crippen LogP contribution in [-0.4, -0.2) is 31.5 Å². The summed E-state index contributed by atoms with van der Waals surface area (Å²) in [5, 5.41) is 3.72. The monoisotopic (exact) mass is 424 g/mol. The number of allylic oxidation sites excluding steroid dienone is 1. The van der Waals surface area contributed by atoms with E-state index in [1.165, 1.54) is 38.4 Å². The number of oxime groups is 1. The molecular weight excluding hydrogens is 388 g/mol. The van der Waals surface area contributed by atoms with E-state index < -0.39 is 0 Å². The van der Waals surface area contributed by atoms with Crippen molar-refractivity contribution in [3.8, 4) is 11.5 Å². The van der Waals surface area contributed by atoms with E-state index in [9.17, 15) is 0 Å². The maximum Gasteiger partial charge on any atom is 0.125 e. The van der Waals surface area contributed by atoms with Crippen LogP contribution in [0.4, 0.5) is 0 Å². The van der Waals surface area contributed by atoms with Gasteiger partial charge in [-0.2, -0.15) is 0 Å². The van der Waals surface area contributed by atoms with E-state index in [-0.39, 0.29) is 0 Å². The first kappa shape index (κ1) is 24.4. The van der Waals surface area contributed by atoms with Gasteiger partial charge in [0, 0.05) is 6.20 Å². The van der Waals surface area contributed by atoms with Gasteiger partial charge in [-0.25, -0.2) is 0 Å². The second kappa shape index (κ2) is 14.2. The largest absolute Gasteiger partial charge is 0.493 e. The van der Waals surface area contributed by atoms with Crippen LogP contribution in [0.1, 0.15) is 61.4 Å². The molecule has 5 nitrogen and oxygen atoms in total. The van der Waals surface area contributed by atoms with E-state index >= 15 is 0 Å². The maximum absolute atomic E-state index is 6.07. The summed E-state index contributed by atoms with van der Waals surface area (Å²) in [6, 6.07) is 8.19. The van der Waals surface area contributed by atoms with Gasteiger partial charge in [-0.1, -0.05) is 42.6 Å². The second-order valence-corrected chi connectivity index (χ2v) is 7.64. The first-order chi connectivity index (χ1) is 15.1. The highest BCUT2D eigenvalue weighted by molar-refractivity contribution is 5.76. The van der Waals surface area contributed by atoms with E-state index in [4.69, 9.17) is 9.47 Å². The number of ether oxygens (including phenoxy) is 2. The number of pyridine rings is 1. The van der Waals surface area contributed by atoms with Gasteiger partial charge in [0.25, 0.3) is 0 Å². The average Bonchev–Trinajstić information content (AvgIpc) is 2.76. The highest BCUT2D eigenvalue weighted by atomic mass is 16.6. The van der Waals surface area contributed by atoms with Crippen molar-refractivity contribution in [1.29, 1.82) is 0 Å². The number of unbranched alkanes of at least 4 members (excludes halogenated alkanes) is 4. The van der Waals surface area contributed by atoms with Crippen molar-refractivity contribution >= 4 is 6.21 Å². The Balaban J connectivity index is 1.60. The summed E-state index contributed by atoms with van der Waals surface area (Å²) in [6.45, 7) is 7.51. The number of aromatic nitrogens is 1. The van der Waals surface area contributed by atoms with E-state index in [1.807, 2.05) is 31.3 Å². The molecule has 2 aromatic rings. The zero-order valence-corrected chi connectivity index (χ0v) is 19.4. The highest BCUT2D eigenvalue weighted by Gasteiger charge is 2.07. The van der Waals surface area contributed by atoms with Crippen LogP contribution in [0, 0.1) is 13.8 Å². The Hall–Kier alpha value is -2.82. The molecule has 0 fully saturated rings. The molecule has 0 spiro atoms. The third kappa shape index (κ3) is 9.24. The number of rotatable bonds is 14. The van der Waals surface area contributed by atoms with Crippen LogP contribution in [0.25, 0.3) is 0 Å². The van der Waals surface area contributed by atoms with Crippen LogP contribution >= 0.6 is 0 Å². The standard InChI is InChI=1S/C26H36N2O3/c1-5-6-15-30-25-17-21(2)26(22(3)18-25)31-16-11-9-7-8-10-12-23-13-14-24(27-19-23)20-28-29-4/h5-6,13-14,17-20H,7-12,15-16H2,1-4H3/b6-5+,28-20+. The normalized spacial score (nSPS) is 11.4. The SMILES string of the molecule is C/C=C/COc1cc(C)c(OCCCCCCCc2ccc(/C=N/OC)nc2)c(C)c1. The molecule has 0 unspecified atom stereocenters. The van der Waals surface area contributed by atoms with Gasteiger partial charge < -0.3 is 14.3 Å². The fourth-order valence-corrected chi connectivity index (χ4v) is 3.36. The summed E-state index contributed by atoms with van der Waals surface area (Å²) in [4.78, 5) is 9.03. The Kier molecular flexibility index (Phi) is 11.2. The van der Waals surface area contributed by atoms with E-state index in [2.05, 4.69) is 47.0 Å². The van der Waals surface area contributed by atoms with Gasteiger partial charge in [0.2, 0.25) is 0 Å². The van der Waals surface area contributed by atoms with Crippen LogP contribution in [-0.2, 0) is 11.3 Å². The van der Waals surface area contributed by atoms with Crippen molar-refractivity contribution in [1.82, 2.24) is 4.98 Å². The zero-order valence-electron chi connectivity index (χ0n) is 19.4. The number of nitrogens with zero attached hydrogens (tertiary/aromatic N) is 2. The fourth-order valence-electron chi connectivity index (χ4n) is 3.36. The summed E-state index contributed by atoms with van der Waals surface area (Å²) in [5.41, 5.74) is 4.33. The second-order valence-electron chi connectivity index (χ2n) is 7.64. The third-order valence-electron chi connectivity index (χ3n) is 5.01. The molecule has 1 aromatic carbocycles. The molecule has 0 aliphatic rings. The zero-order chi connectivity index (χ0) is 22.3. The quantitative estimate of drug-likeness (QED) is 0.157. The van der Waals surface area contributed by atoms with Gasteiger partial charge in [-0.3, -0.25) is 4.98 Å². The molecule has 0 bridgehead atoms. The smallest absolute Gasteiger partial charge is 0.125 e. The fraction of sp³-hybridized carbons (Fsp3) is 0.462. The minimum Gasteiger partial charge on any atom is -0.493 e. The lowest BCUT2D eigenvalue weighted by Gasteiger charge is -2.14. The number of aryl methyl sites for hydroxylation is 3. The highest BCUT2D eigenvalue weighted by Crippen LogP contribution is 2.28. The summed E-state index contributed by atoms with van der Waals surface area (Å²) in [5.74, 6) is 1.89. The van der Waals surface area contributed by atoms with Crippen LogP contribution in [0.3, 0.4) is 0 Å².